The summed E-state index contributed by atoms with van der Waals surface area (Å²) < 4.78 is 0. The summed E-state index contributed by atoms with van der Waals surface area (Å²) in [5.74, 6) is 0. The SMILES string of the molecule is CCCCC/C=C/C/C=C/CCCCCCCCOOC(COOCCCCCCCC/C=C/CCCCCCCC)COOCCCCCCCC/C=C/CCCCCCCC. The first-order chi connectivity index (χ1) is 31.3. The molecule has 6 heteroatoms. The van der Waals surface area contributed by atoms with Crippen molar-refractivity contribution in [3.05, 3.63) is 48.6 Å². The van der Waals surface area contributed by atoms with Crippen LogP contribution in [0.4, 0.5) is 0 Å². The van der Waals surface area contributed by atoms with Gasteiger partial charge < -0.3 is 0 Å². The highest BCUT2D eigenvalue weighted by Gasteiger charge is 2.13. The predicted molar refractivity (Wildman–Crippen MR) is 273 cm³/mol. The molecule has 0 aliphatic carbocycles. The van der Waals surface area contributed by atoms with Gasteiger partial charge in [-0.15, -0.1) is 0 Å². The van der Waals surface area contributed by atoms with E-state index in [0.717, 1.165) is 32.1 Å². The van der Waals surface area contributed by atoms with Gasteiger partial charge in [-0.05, 0) is 103 Å². The number of unbranched alkanes of at least 4 members (excludes halogenated alkanes) is 33. The Morgan fingerprint density at radius 3 is 0.857 bits per heavy atom. The van der Waals surface area contributed by atoms with Gasteiger partial charge in [0.25, 0.3) is 0 Å². The van der Waals surface area contributed by atoms with E-state index in [-0.39, 0.29) is 13.2 Å². The van der Waals surface area contributed by atoms with Gasteiger partial charge in [0.15, 0.2) is 0 Å². The Hall–Kier alpha value is -1.28. The van der Waals surface area contributed by atoms with Crippen molar-refractivity contribution >= 4 is 0 Å². The molecule has 0 heterocycles. The lowest BCUT2D eigenvalue weighted by Gasteiger charge is -2.16. The summed E-state index contributed by atoms with van der Waals surface area (Å²) in [6, 6.07) is 0. The van der Waals surface area contributed by atoms with Crippen LogP contribution in [0.3, 0.4) is 0 Å². The van der Waals surface area contributed by atoms with Crippen LogP contribution in [-0.4, -0.2) is 39.1 Å². The largest absolute Gasteiger partial charge is 0.237 e. The summed E-state index contributed by atoms with van der Waals surface area (Å²) in [7, 11) is 0. The molecule has 0 aliphatic heterocycles. The first-order valence-corrected chi connectivity index (χ1v) is 27.7. The van der Waals surface area contributed by atoms with E-state index in [0.29, 0.717) is 19.8 Å². The molecule has 0 radical (unpaired) electrons. The van der Waals surface area contributed by atoms with Crippen molar-refractivity contribution in [3.8, 4) is 0 Å². The highest BCUT2D eigenvalue weighted by Crippen LogP contribution is 2.13. The molecule has 0 aromatic carbocycles. The molecule has 0 amide bonds. The van der Waals surface area contributed by atoms with Gasteiger partial charge in [0, 0.05) is 0 Å². The molecule has 0 spiro atoms. The van der Waals surface area contributed by atoms with Gasteiger partial charge in [0.05, 0.1) is 19.8 Å². The lowest BCUT2D eigenvalue weighted by Crippen LogP contribution is -2.26. The number of hydrogen-bond acceptors (Lipinski definition) is 6. The normalized spacial score (nSPS) is 12.3. The molecule has 0 aliphatic rings. The molecule has 372 valence electrons. The van der Waals surface area contributed by atoms with E-state index < -0.39 is 6.10 Å². The summed E-state index contributed by atoms with van der Waals surface area (Å²) in [6.45, 7) is 9.07. The second kappa shape index (κ2) is 58.7. The van der Waals surface area contributed by atoms with Gasteiger partial charge >= 0.3 is 0 Å². The Labute approximate surface area is 393 Å². The van der Waals surface area contributed by atoms with Crippen LogP contribution < -0.4 is 0 Å². The van der Waals surface area contributed by atoms with E-state index in [9.17, 15) is 0 Å². The fourth-order valence-electron chi connectivity index (χ4n) is 7.58. The molecule has 0 unspecified atom stereocenters. The van der Waals surface area contributed by atoms with Crippen LogP contribution in [0.5, 0.6) is 0 Å². The lowest BCUT2D eigenvalue weighted by molar-refractivity contribution is -0.393. The summed E-state index contributed by atoms with van der Waals surface area (Å²) in [5.41, 5.74) is 0. The molecule has 63 heavy (non-hydrogen) atoms. The maximum absolute atomic E-state index is 5.71. The minimum absolute atomic E-state index is 0.244. The van der Waals surface area contributed by atoms with Crippen molar-refractivity contribution in [2.24, 2.45) is 0 Å². The van der Waals surface area contributed by atoms with Crippen molar-refractivity contribution in [3.63, 3.8) is 0 Å². The van der Waals surface area contributed by atoms with Crippen molar-refractivity contribution in [2.75, 3.05) is 33.0 Å². The van der Waals surface area contributed by atoms with E-state index in [1.54, 1.807) is 0 Å². The number of allylic oxidation sites excluding steroid dienone is 8. The fourth-order valence-corrected chi connectivity index (χ4v) is 7.58. The number of hydrogen-bond donors (Lipinski definition) is 0. The van der Waals surface area contributed by atoms with E-state index in [4.69, 9.17) is 29.3 Å². The molecule has 0 atom stereocenters. The number of rotatable bonds is 55. The van der Waals surface area contributed by atoms with E-state index in [2.05, 4.69) is 69.4 Å². The summed E-state index contributed by atoms with van der Waals surface area (Å²) >= 11 is 0. The van der Waals surface area contributed by atoms with Gasteiger partial charge in [-0.2, -0.15) is 0 Å². The Morgan fingerprint density at radius 1 is 0.254 bits per heavy atom. The molecule has 6 nitrogen and oxygen atoms in total. The maximum atomic E-state index is 5.71. The molecular formula is C57H108O6. The van der Waals surface area contributed by atoms with Crippen LogP contribution >= 0.6 is 0 Å². The Balaban J connectivity index is 4.06. The Kier molecular flexibility index (Phi) is 57.5. The van der Waals surface area contributed by atoms with Crippen molar-refractivity contribution < 1.29 is 29.3 Å². The Morgan fingerprint density at radius 2 is 0.508 bits per heavy atom. The highest BCUT2D eigenvalue weighted by atomic mass is 17.2. The molecule has 0 fully saturated rings. The van der Waals surface area contributed by atoms with Gasteiger partial charge in [-0.3, -0.25) is 0 Å². The van der Waals surface area contributed by atoms with Crippen molar-refractivity contribution in [1.29, 1.82) is 0 Å². The standard InChI is InChI=1S/C57H108O6/c1-4-7-10-13-16-19-22-25-28-31-34-37-40-43-46-49-52-58-61-55-57(63-60-54-51-48-45-42-39-36-33-30-27-24-21-18-15-12-9-6-3)56-62-59-53-50-47-44-41-38-35-32-29-26-23-20-17-14-11-8-5-2/h18,21,25-30,57H,4-17,19-20,22-24,31-56H2,1-3H3/b21-18+,28-25+,29-26+,30-27+. The van der Waals surface area contributed by atoms with Crippen LogP contribution in [0.2, 0.25) is 0 Å². The molecule has 0 bridgehead atoms. The predicted octanol–water partition coefficient (Wildman–Crippen LogP) is 19.1. The highest BCUT2D eigenvalue weighted by molar-refractivity contribution is 4.92. The summed E-state index contributed by atoms with van der Waals surface area (Å²) in [6.07, 6.45) is 69.3. The molecule has 0 N–H and O–H groups in total. The zero-order valence-electron chi connectivity index (χ0n) is 42.5. The molecule has 0 aromatic rings. The van der Waals surface area contributed by atoms with E-state index >= 15 is 0 Å². The first-order valence-electron chi connectivity index (χ1n) is 27.7. The average molecular weight is 889 g/mol. The second-order valence-electron chi connectivity index (χ2n) is 18.2. The van der Waals surface area contributed by atoms with Crippen LogP contribution in [0, 0.1) is 0 Å². The molecule has 0 saturated carbocycles. The Bertz CT molecular complexity index is 884. The molecule has 0 aromatic heterocycles. The fraction of sp³-hybridized carbons (Fsp3) is 0.860. The molecule has 0 rings (SSSR count). The summed E-state index contributed by atoms with van der Waals surface area (Å²) in [4.78, 5) is 33.4. The molecular weight excluding hydrogens is 781 g/mol. The maximum Gasteiger partial charge on any atom is 0.146 e. The lowest BCUT2D eigenvalue weighted by atomic mass is 10.1. The van der Waals surface area contributed by atoms with Gasteiger partial charge in [-0.25, -0.2) is 29.3 Å². The second-order valence-corrected chi connectivity index (χ2v) is 18.2. The topological polar surface area (TPSA) is 55.4 Å². The third-order valence-electron chi connectivity index (χ3n) is 11.8. The van der Waals surface area contributed by atoms with Crippen LogP contribution in [-0.2, 0) is 29.3 Å². The minimum Gasteiger partial charge on any atom is -0.237 e. The van der Waals surface area contributed by atoms with E-state index in [1.165, 1.54) is 225 Å². The summed E-state index contributed by atoms with van der Waals surface area (Å²) in [5, 5.41) is 0. The molecule has 0 saturated heterocycles. The zero-order chi connectivity index (χ0) is 45.3. The zero-order valence-corrected chi connectivity index (χ0v) is 42.5. The average Bonchev–Trinajstić information content (AvgIpc) is 3.29. The third kappa shape index (κ3) is 56.8. The van der Waals surface area contributed by atoms with Crippen LogP contribution in [0.25, 0.3) is 0 Å². The minimum atomic E-state index is -0.408. The van der Waals surface area contributed by atoms with Crippen molar-refractivity contribution in [1.82, 2.24) is 0 Å². The van der Waals surface area contributed by atoms with Gasteiger partial charge in [0.2, 0.25) is 0 Å². The van der Waals surface area contributed by atoms with Gasteiger partial charge in [0.1, 0.15) is 19.3 Å². The smallest absolute Gasteiger partial charge is 0.146 e. The monoisotopic (exact) mass is 889 g/mol. The first kappa shape index (κ1) is 61.7. The van der Waals surface area contributed by atoms with Crippen molar-refractivity contribution in [2.45, 2.75) is 284 Å². The van der Waals surface area contributed by atoms with Crippen LogP contribution in [0.15, 0.2) is 48.6 Å². The third-order valence-corrected chi connectivity index (χ3v) is 11.8. The van der Waals surface area contributed by atoms with Crippen LogP contribution in [0.1, 0.15) is 278 Å². The quantitative estimate of drug-likeness (QED) is 0.0262. The van der Waals surface area contributed by atoms with E-state index in [1.807, 2.05) is 0 Å². The van der Waals surface area contributed by atoms with Gasteiger partial charge in [-0.1, -0.05) is 223 Å².